The molecule has 0 bridgehead atoms. The minimum Gasteiger partial charge on any atom is -0.462 e. The topological polar surface area (TPSA) is 72.8 Å². The molecule has 5 nitrogen and oxygen atoms in total. The van der Waals surface area contributed by atoms with E-state index >= 15 is 0 Å². The zero-order valence-electron chi connectivity index (χ0n) is 33.2. The smallest absolute Gasteiger partial charge is 0.306 e. The lowest BCUT2D eigenvalue weighted by Gasteiger charge is -2.15. The molecular formula is C45H82O5. The molecule has 0 spiro atoms. The maximum atomic E-state index is 12.2. The molecule has 1 atom stereocenters. The average Bonchev–Trinajstić information content (AvgIpc) is 3.12. The van der Waals surface area contributed by atoms with Crippen molar-refractivity contribution in [2.24, 2.45) is 0 Å². The van der Waals surface area contributed by atoms with Gasteiger partial charge >= 0.3 is 11.9 Å². The first kappa shape index (κ1) is 48.1. The van der Waals surface area contributed by atoms with E-state index in [0.717, 1.165) is 51.4 Å². The van der Waals surface area contributed by atoms with Gasteiger partial charge in [-0.05, 0) is 51.4 Å². The minimum atomic E-state index is -0.772. The Bertz CT molecular complexity index is 801. The number of esters is 2. The monoisotopic (exact) mass is 703 g/mol. The number of hydrogen-bond acceptors (Lipinski definition) is 5. The first-order valence-corrected chi connectivity index (χ1v) is 21.5. The second-order valence-corrected chi connectivity index (χ2v) is 14.4. The molecule has 1 N–H and O–H groups in total. The number of unbranched alkanes of at least 4 members (excludes halogenated alkanes) is 25. The molecule has 0 saturated heterocycles. The van der Waals surface area contributed by atoms with Gasteiger partial charge in [0.1, 0.15) is 6.61 Å². The third-order valence-corrected chi connectivity index (χ3v) is 9.44. The van der Waals surface area contributed by atoms with Gasteiger partial charge in [-0.1, -0.05) is 192 Å². The van der Waals surface area contributed by atoms with E-state index in [2.05, 4.69) is 50.3 Å². The lowest BCUT2D eigenvalue weighted by atomic mass is 10.0. The van der Waals surface area contributed by atoms with E-state index in [9.17, 15) is 14.7 Å². The molecule has 0 fully saturated rings. The van der Waals surface area contributed by atoms with E-state index in [0.29, 0.717) is 12.8 Å². The maximum absolute atomic E-state index is 12.2. The highest BCUT2D eigenvalue weighted by atomic mass is 16.6. The molecule has 1 unspecified atom stereocenters. The molecule has 0 amide bonds. The van der Waals surface area contributed by atoms with Crippen molar-refractivity contribution in [3.8, 4) is 0 Å². The summed E-state index contributed by atoms with van der Waals surface area (Å²) in [5, 5.41) is 9.57. The first-order valence-electron chi connectivity index (χ1n) is 21.5. The predicted octanol–water partition coefficient (Wildman–Crippen LogP) is 13.6. The average molecular weight is 703 g/mol. The van der Waals surface area contributed by atoms with E-state index in [4.69, 9.17) is 9.47 Å². The lowest BCUT2D eigenvalue weighted by molar-refractivity contribution is -0.161. The Hall–Kier alpha value is -1.88. The second-order valence-electron chi connectivity index (χ2n) is 14.4. The van der Waals surface area contributed by atoms with Crippen molar-refractivity contribution in [3.63, 3.8) is 0 Å². The summed E-state index contributed by atoms with van der Waals surface area (Å²) in [6.45, 7) is 4.13. The van der Waals surface area contributed by atoms with Gasteiger partial charge in [0.2, 0.25) is 0 Å². The fourth-order valence-corrected chi connectivity index (χ4v) is 6.15. The number of hydrogen-bond donors (Lipinski definition) is 1. The van der Waals surface area contributed by atoms with E-state index < -0.39 is 6.10 Å². The van der Waals surface area contributed by atoms with Crippen molar-refractivity contribution in [1.82, 2.24) is 0 Å². The number of aliphatic hydroxyl groups is 1. The van der Waals surface area contributed by atoms with Crippen LogP contribution in [0.25, 0.3) is 0 Å². The summed E-state index contributed by atoms with van der Waals surface area (Å²) in [4.78, 5) is 24.3. The number of rotatable bonds is 39. The van der Waals surface area contributed by atoms with E-state index in [1.807, 2.05) is 0 Å². The quantitative estimate of drug-likeness (QED) is 0.0392. The van der Waals surface area contributed by atoms with Crippen LogP contribution in [0.4, 0.5) is 0 Å². The lowest BCUT2D eigenvalue weighted by Crippen LogP contribution is -2.28. The van der Waals surface area contributed by atoms with Crippen molar-refractivity contribution in [2.45, 2.75) is 225 Å². The van der Waals surface area contributed by atoms with Gasteiger partial charge in [-0.3, -0.25) is 9.59 Å². The van der Waals surface area contributed by atoms with Crippen molar-refractivity contribution in [3.05, 3.63) is 36.5 Å². The zero-order chi connectivity index (χ0) is 36.4. The molecule has 0 radical (unpaired) electrons. The Balaban J connectivity index is 3.54. The van der Waals surface area contributed by atoms with Crippen LogP contribution in [-0.2, 0) is 19.1 Å². The number of carbonyl (C=O) groups is 2. The highest BCUT2D eigenvalue weighted by Gasteiger charge is 2.16. The Labute approximate surface area is 310 Å². The normalized spacial score (nSPS) is 12.5. The second kappa shape index (κ2) is 41.5. The summed E-state index contributed by atoms with van der Waals surface area (Å²) in [7, 11) is 0. The molecule has 0 aromatic heterocycles. The zero-order valence-corrected chi connectivity index (χ0v) is 33.2. The summed E-state index contributed by atoms with van der Waals surface area (Å²) in [6, 6.07) is 0. The first-order chi connectivity index (χ1) is 24.6. The van der Waals surface area contributed by atoms with Crippen LogP contribution in [0.3, 0.4) is 0 Å². The summed E-state index contributed by atoms with van der Waals surface area (Å²) in [5.41, 5.74) is 0. The molecule has 0 aliphatic carbocycles. The molecule has 0 aliphatic heterocycles. The van der Waals surface area contributed by atoms with Crippen LogP contribution in [0.2, 0.25) is 0 Å². The summed E-state index contributed by atoms with van der Waals surface area (Å²) >= 11 is 0. The Morgan fingerprint density at radius 1 is 0.460 bits per heavy atom. The maximum Gasteiger partial charge on any atom is 0.306 e. The van der Waals surface area contributed by atoms with Gasteiger partial charge in [0.15, 0.2) is 6.10 Å². The van der Waals surface area contributed by atoms with Crippen LogP contribution in [0.15, 0.2) is 36.5 Å². The molecule has 0 heterocycles. The number of ether oxygens (including phenoxy) is 2. The van der Waals surface area contributed by atoms with Gasteiger partial charge < -0.3 is 14.6 Å². The van der Waals surface area contributed by atoms with Gasteiger partial charge in [-0.15, -0.1) is 0 Å². The van der Waals surface area contributed by atoms with Crippen LogP contribution in [0.5, 0.6) is 0 Å². The van der Waals surface area contributed by atoms with Crippen molar-refractivity contribution < 1.29 is 24.2 Å². The van der Waals surface area contributed by atoms with Crippen LogP contribution < -0.4 is 0 Å². The molecule has 5 heteroatoms. The van der Waals surface area contributed by atoms with Gasteiger partial charge in [0, 0.05) is 12.8 Å². The molecule has 0 rings (SSSR count). The highest BCUT2D eigenvalue weighted by molar-refractivity contribution is 5.70. The van der Waals surface area contributed by atoms with Crippen molar-refractivity contribution in [2.75, 3.05) is 13.2 Å². The van der Waals surface area contributed by atoms with E-state index in [1.165, 1.54) is 141 Å². The van der Waals surface area contributed by atoms with Crippen molar-refractivity contribution >= 4 is 11.9 Å². The minimum absolute atomic E-state index is 0.0659. The molecular weight excluding hydrogens is 620 g/mol. The molecule has 0 aliphatic rings. The number of carbonyl (C=O) groups excluding carboxylic acids is 2. The Kier molecular flexibility index (Phi) is 40.0. The third kappa shape index (κ3) is 38.9. The van der Waals surface area contributed by atoms with E-state index in [-0.39, 0.29) is 25.2 Å². The molecule has 0 saturated carbocycles. The van der Waals surface area contributed by atoms with Gasteiger partial charge in [-0.25, -0.2) is 0 Å². The molecule has 50 heavy (non-hydrogen) atoms. The summed E-state index contributed by atoms with van der Waals surface area (Å²) < 4.78 is 10.6. The molecule has 0 aromatic carbocycles. The van der Waals surface area contributed by atoms with Crippen LogP contribution in [0, 0.1) is 0 Å². The van der Waals surface area contributed by atoms with Crippen LogP contribution >= 0.6 is 0 Å². The molecule has 292 valence electrons. The fraction of sp³-hybridized carbons (Fsp3) is 0.822. The van der Waals surface area contributed by atoms with Gasteiger partial charge in [-0.2, -0.15) is 0 Å². The standard InChI is InChI=1S/C45H82O5/c1-3-5-7-9-11-13-15-17-18-19-20-21-22-23-24-25-26-28-30-32-34-36-38-40-45(48)50-43(41-46)42-49-44(47)39-37-35-33-31-29-27-16-14-12-10-8-6-4-2/h15,17,19-20,22-23,43,46H,3-14,16,18,21,24-42H2,1-2H3/b17-15-,20-19-,23-22-. The SMILES string of the molecule is CCCCCCC/C=C\C/C=C\C/C=C\CCCCCCCCCCC(=O)OC(CO)COC(=O)CCCCCCCCCCCCCCC. The summed E-state index contributed by atoms with van der Waals surface area (Å²) in [5.74, 6) is -0.593. The van der Waals surface area contributed by atoms with Crippen molar-refractivity contribution in [1.29, 1.82) is 0 Å². The predicted molar refractivity (Wildman–Crippen MR) is 214 cm³/mol. The van der Waals surface area contributed by atoms with Crippen LogP contribution in [-0.4, -0.2) is 36.4 Å². The number of allylic oxidation sites excluding steroid dienone is 6. The fourth-order valence-electron chi connectivity index (χ4n) is 6.15. The van der Waals surface area contributed by atoms with E-state index in [1.54, 1.807) is 0 Å². The highest BCUT2D eigenvalue weighted by Crippen LogP contribution is 2.14. The molecule has 0 aromatic rings. The van der Waals surface area contributed by atoms with Gasteiger partial charge in [0.25, 0.3) is 0 Å². The Morgan fingerprint density at radius 2 is 0.800 bits per heavy atom. The number of aliphatic hydroxyl groups excluding tert-OH is 1. The summed E-state index contributed by atoms with van der Waals surface area (Å²) in [6.07, 6.45) is 50.7. The Morgan fingerprint density at radius 3 is 1.20 bits per heavy atom. The largest absolute Gasteiger partial charge is 0.462 e. The van der Waals surface area contributed by atoms with Crippen LogP contribution in [0.1, 0.15) is 219 Å². The van der Waals surface area contributed by atoms with Gasteiger partial charge in [0.05, 0.1) is 6.61 Å². The third-order valence-electron chi connectivity index (χ3n) is 9.44.